The summed E-state index contributed by atoms with van der Waals surface area (Å²) in [6.45, 7) is 5.79. The number of carbonyl (C=O) groups is 2. The summed E-state index contributed by atoms with van der Waals surface area (Å²) in [7, 11) is 6.08. The molecule has 11 heteroatoms. The second kappa shape index (κ2) is 17.8. The Morgan fingerprint density at radius 1 is 0.655 bits per heavy atom. The molecule has 0 radical (unpaired) electrons. The Labute approximate surface area is 200 Å². The topological polar surface area (TPSA) is 49.9 Å². The third kappa shape index (κ3) is 14.2. The first-order valence-electron chi connectivity index (χ1n) is 10.3. The first-order chi connectivity index (χ1) is 14.2. The van der Waals surface area contributed by atoms with Crippen LogP contribution in [-0.2, 0) is 4.74 Å². The molecular weight excluding hydrogens is 485 g/mol. The Kier molecular flexibility index (Phi) is 16.3. The number of hydrogen-bond acceptors (Lipinski definition) is 11. The Bertz CT molecular complexity index is 423. The van der Waals surface area contributed by atoms with Crippen LogP contribution in [0.1, 0.15) is 51.4 Å². The molecule has 2 aliphatic rings. The first kappa shape index (κ1) is 26.6. The van der Waals surface area contributed by atoms with Crippen molar-refractivity contribution < 1.29 is 14.3 Å². The smallest absolute Gasteiger partial charge is 0.271 e. The molecule has 0 unspecified atom stereocenters. The van der Waals surface area contributed by atoms with Crippen LogP contribution in [0.5, 0.6) is 0 Å². The van der Waals surface area contributed by atoms with Gasteiger partial charge in [-0.25, -0.2) is 8.61 Å². The van der Waals surface area contributed by atoms with E-state index in [0.717, 1.165) is 76.6 Å². The summed E-state index contributed by atoms with van der Waals surface area (Å²) in [5.41, 5.74) is 0. The van der Waals surface area contributed by atoms with Crippen molar-refractivity contribution in [2.24, 2.45) is 0 Å². The molecule has 0 aliphatic carbocycles. The van der Waals surface area contributed by atoms with Crippen LogP contribution in [-0.4, -0.2) is 68.4 Å². The van der Waals surface area contributed by atoms with Gasteiger partial charge in [0.1, 0.15) is 0 Å². The fourth-order valence-corrected chi connectivity index (χ4v) is 9.19. The van der Waals surface area contributed by atoms with Crippen molar-refractivity contribution >= 4 is 76.0 Å². The van der Waals surface area contributed by atoms with Crippen molar-refractivity contribution in [3.8, 4) is 0 Å². The maximum absolute atomic E-state index is 11.8. The van der Waals surface area contributed by atoms with E-state index in [2.05, 4.69) is 8.61 Å². The van der Waals surface area contributed by atoms with Gasteiger partial charge >= 0.3 is 0 Å². The third-order valence-electron chi connectivity index (χ3n) is 4.32. The summed E-state index contributed by atoms with van der Waals surface area (Å²) in [6, 6.07) is 0. The van der Waals surface area contributed by atoms with Crippen LogP contribution < -0.4 is 0 Å². The van der Waals surface area contributed by atoms with E-state index < -0.39 is 0 Å². The average molecular weight is 517 g/mol. The summed E-state index contributed by atoms with van der Waals surface area (Å²) < 4.78 is 10.4. The van der Waals surface area contributed by atoms with Crippen LogP contribution in [0, 0.1) is 0 Å². The zero-order chi connectivity index (χ0) is 20.6. The molecule has 0 bridgehead atoms. The van der Waals surface area contributed by atoms with Crippen molar-refractivity contribution in [2.45, 2.75) is 51.4 Å². The van der Waals surface area contributed by atoms with E-state index in [-0.39, 0.29) is 8.89 Å². The monoisotopic (exact) mass is 516 g/mol. The van der Waals surface area contributed by atoms with Gasteiger partial charge in [0.25, 0.3) is 8.89 Å². The molecular formula is C18H32N2O3S6. The van der Waals surface area contributed by atoms with Gasteiger partial charge in [-0.15, -0.1) is 0 Å². The van der Waals surface area contributed by atoms with Crippen molar-refractivity contribution in [1.29, 1.82) is 0 Å². The van der Waals surface area contributed by atoms with Crippen molar-refractivity contribution in [1.82, 2.24) is 8.61 Å². The lowest BCUT2D eigenvalue weighted by atomic mass is 10.3. The number of ether oxygens (including phenoxy) is 1. The molecule has 2 saturated heterocycles. The number of nitrogens with zero attached hydrogens (tertiary/aromatic N) is 2. The predicted molar refractivity (Wildman–Crippen MR) is 137 cm³/mol. The quantitative estimate of drug-likeness (QED) is 0.135. The van der Waals surface area contributed by atoms with Gasteiger partial charge in [0, 0.05) is 74.8 Å². The minimum absolute atomic E-state index is 0.209. The minimum atomic E-state index is 0.209. The molecule has 0 saturated carbocycles. The first-order valence-corrected chi connectivity index (χ1v) is 16.5. The third-order valence-corrected chi connectivity index (χ3v) is 11.5. The molecule has 0 aromatic heterocycles. The van der Waals surface area contributed by atoms with Crippen molar-refractivity contribution in [3.05, 3.63) is 0 Å². The Hall–Kier alpha value is 1.32. The van der Waals surface area contributed by atoms with Crippen LogP contribution in [0.2, 0.25) is 0 Å². The van der Waals surface area contributed by atoms with Gasteiger partial charge in [-0.2, -0.15) is 0 Å². The van der Waals surface area contributed by atoms with Gasteiger partial charge in [0.15, 0.2) is 0 Å². The van der Waals surface area contributed by atoms with E-state index in [1.165, 1.54) is 71.2 Å². The highest BCUT2D eigenvalue weighted by molar-refractivity contribution is 8.86. The maximum atomic E-state index is 11.8. The second-order valence-electron chi connectivity index (χ2n) is 6.79. The minimum Gasteiger partial charge on any atom is -0.381 e. The van der Waals surface area contributed by atoms with Gasteiger partial charge in [0.2, 0.25) is 0 Å². The SMILES string of the molecule is O=C(SSCCCCOCCCCSSC(=O)SN1CCCC1)SN1CCCC1. The van der Waals surface area contributed by atoms with Crippen LogP contribution >= 0.6 is 67.1 Å². The fourth-order valence-electron chi connectivity index (χ4n) is 2.81. The summed E-state index contributed by atoms with van der Waals surface area (Å²) in [5.74, 6) is 2.00. The Morgan fingerprint density at radius 2 is 1.07 bits per heavy atom. The number of carbonyl (C=O) groups excluding carboxylic acids is 2. The fraction of sp³-hybridized carbons (Fsp3) is 0.889. The van der Waals surface area contributed by atoms with E-state index in [1.807, 2.05) is 0 Å². The van der Waals surface area contributed by atoms with Crippen LogP contribution in [0.15, 0.2) is 0 Å². The largest absolute Gasteiger partial charge is 0.381 e. The van der Waals surface area contributed by atoms with E-state index >= 15 is 0 Å². The lowest BCUT2D eigenvalue weighted by Gasteiger charge is -2.10. The summed E-state index contributed by atoms with van der Waals surface area (Å²) >= 11 is 2.77. The molecule has 0 spiro atoms. The molecule has 0 N–H and O–H groups in total. The molecule has 29 heavy (non-hydrogen) atoms. The molecule has 0 atom stereocenters. The van der Waals surface area contributed by atoms with Crippen LogP contribution in [0.4, 0.5) is 9.59 Å². The highest BCUT2D eigenvalue weighted by Gasteiger charge is 2.17. The normalized spacial score (nSPS) is 17.9. The number of hydrogen-bond donors (Lipinski definition) is 0. The maximum Gasteiger partial charge on any atom is 0.271 e. The second-order valence-corrected chi connectivity index (χ2v) is 14.2. The molecule has 2 aliphatic heterocycles. The molecule has 0 aromatic rings. The average Bonchev–Trinajstić information content (AvgIpc) is 3.39. The van der Waals surface area contributed by atoms with Gasteiger partial charge in [0.05, 0.1) is 0 Å². The summed E-state index contributed by atoms with van der Waals surface area (Å²) in [5, 5.41) is 0. The Morgan fingerprint density at radius 3 is 1.48 bits per heavy atom. The van der Waals surface area contributed by atoms with Gasteiger partial charge in [-0.05, 0) is 73.0 Å². The predicted octanol–water partition coefficient (Wildman–Crippen LogP) is 7.05. The lowest BCUT2D eigenvalue weighted by Crippen LogP contribution is -2.10. The van der Waals surface area contributed by atoms with E-state index in [1.54, 1.807) is 21.6 Å². The van der Waals surface area contributed by atoms with Crippen molar-refractivity contribution in [3.63, 3.8) is 0 Å². The lowest BCUT2D eigenvalue weighted by molar-refractivity contribution is 0.129. The molecule has 0 amide bonds. The standard InChI is InChI=1S/C18H32N2O3S6/c21-17(26-19-9-1-2-10-19)28-24-15-7-5-13-23-14-6-8-16-25-29-18(22)27-20-11-3-4-12-20/h1-16H2. The molecule has 2 heterocycles. The number of unbranched alkanes of at least 4 members (excludes halogenated alkanes) is 2. The van der Waals surface area contributed by atoms with Crippen LogP contribution in [0.25, 0.3) is 0 Å². The molecule has 5 nitrogen and oxygen atoms in total. The van der Waals surface area contributed by atoms with E-state index in [4.69, 9.17) is 4.74 Å². The van der Waals surface area contributed by atoms with E-state index in [0.29, 0.717) is 0 Å². The van der Waals surface area contributed by atoms with Gasteiger partial charge in [-0.3, -0.25) is 9.59 Å². The zero-order valence-corrected chi connectivity index (χ0v) is 21.8. The highest BCUT2D eigenvalue weighted by Crippen LogP contribution is 2.33. The molecule has 0 aromatic carbocycles. The van der Waals surface area contributed by atoms with Crippen molar-refractivity contribution in [2.75, 3.05) is 50.9 Å². The van der Waals surface area contributed by atoms with Gasteiger partial charge < -0.3 is 4.74 Å². The highest BCUT2D eigenvalue weighted by atomic mass is 33.1. The summed E-state index contributed by atoms with van der Waals surface area (Å²) in [4.78, 5) is 23.6. The van der Waals surface area contributed by atoms with Crippen LogP contribution in [0.3, 0.4) is 0 Å². The molecule has 168 valence electrons. The summed E-state index contributed by atoms with van der Waals surface area (Å²) in [6.07, 6.45) is 9.13. The Balaban J connectivity index is 1.25. The van der Waals surface area contributed by atoms with Gasteiger partial charge in [-0.1, -0.05) is 21.6 Å². The number of rotatable bonds is 14. The molecule has 2 rings (SSSR count). The van der Waals surface area contributed by atoms with E-state index in [9.17, 15) is 9.59 Å². The zero-order valence-electron chi connectivity index (χ0n) is 16.9. The molecule has 2 fully saturated rings.